The molecule has 1 N–H and O–H groups in total. The molecule has 2 aromatic carbocycles. The lowest BCUT2D eigenvalue weighted by atomic mass is 10.1. The lowest BCUT2D eigenvalue weighted by Gasteiger charge is -2.25. The van der Waals surface area contributed by atoms with E-state index in [4.69, 9.17) is 22.8 Å². The first-order valence-electron chi connectivity index (χ1n) is 8.97. The molecule has 3 rings (SSSR count). The van der Waals surface area contributed by atoms with Crippen LogP contribution in [0.25, 0.3) is 10.8 Å². The Balaban J connectivity index is 1.81. The number of amides is 1. The van der Waals surface area contributed by atoms with Gasteiger partial charge in [-0.25, -0.2) is 4.68 Å². The average Bonchev–Trinajstić information content (AvgIpc) is 2.70. The minimum absolute atomic E-state index is 0.0514. The second kappa shape index (κ2) is 8.38. The van der Waals surface area contributed by atoms with E-state index in [1.807, 2.05) is 6.07 Å². The second-order valence-corrected chi connectivity index (χ2v) is 7.34. The van der Waals surface area contributed by atoms with Crippen molar-refractivity contribution in [1.82, 2.24) is 15.1 Å². The summed E-state index contributed by atoms with van der Waals surface area (Å²) in [5.41, 5.74) is -0.845. The molecule has 0 aliphatic carbocycles. The topological polar surface area (TPSA) is 73.2 Å². The Kier molecular flexibility index (Phi) is 5.90. The summed E-state index contributed by atoms with van der Waals surface area (Å²) in [6.07, 6.45) is 5.34. The van der Waals surface area contributed by atoms with Crippen LogP contribution < -0.4 is 15.6 Å². The Labute approximate surface area is 173 Å². The molecule has 29 heavy (non-hydrogen) atoms. The molecule has 0 unspecified atom stereocenters. The largest absolute Gasteiger partial charge is 0.478 e. The van der Waals surface area contributed by atoms with Crippen molar-refractivity contribution in [2.45, 2.75) is 32.5 Å². The number of benzene rings is 2. The zero-order chi connectivity index (χ0) is 21.0. The standard InChI is InChI=1S/C22H20ClN3O3/c1-4-13-26-20(27)18-8-6-5-7-17(18)19(25-26)14-24-21(28)22(2,3)29-16-11-9-15(23)10-12-16/h1,5-12H,13-14H2,2-3H3,(H,24,28). The van der Waals surface area contributed by atoms with E-state index >= 15 is 0 Å². The lowest BCUT2D eigenvalue weighted by Crippen LogP contribution is -2.46. The van der Waals surface area contributed by atoms with E-state index in [1.165, 1.54) is 4.68 Å². The van der Waals surface area contributed by atoms with Gasteiger partial charge in [0.2, 0.25) is 0 Å². The summed E-state index contributed by atoms with van der Waals surface area (Å²) in [6, 6.07) is 13.9. The molecule has 6 nitrogen and oxygen atoms in total. The van der Waals surface area contributed by atoms with Crippen molar-refractivity contribution in [2.24, 2.45) is 0 Å². The first kappa shape index (κ1) is 20.4. The summed E-state index contributed by atoms with van der Waals surface area (Å²) in [7, 11) is 0. The minimum Gasteiger partial charge on any atom is -0.478 e. The molecule has 0 aliphatic heterocycles. The van der Waals surface area contributed by atoms with Gasteiger partial charge in [0, 0.05) is 10.4 Å². The number of fused-ring (bicyclic) bond motifs is 1. The first-order valence-corrected chi connectivity index (χ1v) is 9.34. The summed E-state index contributed by atoms with van der Waals surface area (Å²) in [4.78, 5) is 25.2. The molecular formula is C22H20ClN3O3. The van der Waals surface area contributed by atoms with Crippen LogP contribution in [0.3, 0.4) is 0 Å². The van der Waals surface area contributed by atoms with E-state index in [0.717, 1.165) is 0 Å². The molecule has 3 aromatic rings. The average molecular weight is 410 g/mol. The van der Waals surface area contributed by atoms with Crippen molar-refractivity contribution >= 4 is 28.3 Å². The van der Waals surface area contributed by atoms with Crippen molar-refractivity contribution in [1.29, 1.82) is 0 Å². The van der Waals surface area contributed by atoms with Crippen LogP contribution in [0.15, 0.2) is 53.3 Å². The van der Waals surface area contributed by atoms with Crippen LogP contribution in [0.5, 0.6) is 5.75 Å². The Morgan fingerprint density at radius 3 is 2.52 bits per heavy atom. The van der Waals surface area contributed by atoms with Crippen LogP contribution in [-0.2, 0) is 17.9 Å². The number of hydrogen-bond acceptors (Lipinski definition) is 4. The quantitative estimate of drug-likeness (QED) is 0.635. The zero-order valence-corrected chi connectivity index (χ0v) is 16.9. The van der Waals surface area contributed by atoms with Gasteiger partial charge in [0.15, 0.2) is 5.60 Å². The van der Waals surface area contributed by atoms with Crippen molar-refractivity contribution in [3.05, 3.63) is 69.6 Å². The molecule has 0 saturated carbocycles. The van der Waals surface area contributed by atoms with Gasteiger partial charge in [-0.15, -0.1) is 6.42 Å². The van der Waals surface area contributed by atoms with Gasteiger partial charge in [-0.1, -0.05) is 35.7 Å². The van der Waals surface area contributed by atoms with Gasteiger partial charge in [-0.2, -0.15) is 5.10 Å². The molecule has 0 radical (unpaired) electrons. The number of ether oxygens (including phenoxy) is 1. The van der Waals surface area contributed by atoms with Crippen molar-refractivity contribution < 1.29 is 9.53 Å². The van der Waals surface area contributed by atoms with Crippen LogP contribution in [0.1, 0.15) is 19.5 Å². The fourth-order valence-electron chi connectivity index (χ4n) is 2.85. The fourth-order valence-corrected chi connectivity index (χ4v) is 2.98. The van der Waals surface area contributed by atoms with Crippen molar-refractivity contribution in [2.75, 3.05) is 0 Å². The molecule has 148 valence electrons. The Morgan fingerprint density at radius 2 is 1.86 bits per heavy atom. The highest BCUT2D eigenvalue weighted by Gasteiger charge is 2.30. The van der Waals surface area contributed by atoms with Gasteiger partial charge in [0.25, 0.3) is 11.5 Å². The third kappa shape index (κ3) is 4.58. The molecule has 0 fully saturated rings. The Bertz CT molecular complexity index is 1140. The number of halogens is 1. The normalized spacial score (nSPS) is 11.1. The van der Waals surface area contributed by atoms with Gasteiger partial charge in [0.1, 0.15) is 12.3 Å². The molecule has 0 atom stereocenters. The second-order valence-electron chi connectivity index (χ2n) is 6.91. The Hall–Kier alpha value is -3.30. The monoisotopic (exact) mass is 409 g/mol. The van der Waals surface area contributed by atoms with Crippen LogP contribution in [0.4, 0.5) is 0 Å². The Morgan fingerprint density at radius 1 is 1.21 bits per heavy atom. The van der Waals surface area contributed by atoms with Crippen LogP contribution >= 0.6 is 11.6 Å². The molecular weight excluding hydrogens is 390 g/mol. The number of aromatic nitrogens is 2. The van der Waals surface area contributed by atoms with Crippen molar-refractivity contribution in [3.63, 3.8) is 0 Å². The number of nitrogens with zero attached hydrogens (tertiary/aromatic N) is 2. The van der Waals surface area contributed by atoms with E-state index in [2.05, 4.69) is 16.3 Å². The number of hydrogen-bond donors (Lipinski definition) is 1. The SMILES string of the molecule is C#CCn1nc(CNC(=O)C(C)(C)Oc2ccc(Cl)cc2)c2ccccc2c1=O. The van der Waals surface area contributed by atoms with E-state index in [-0.39, 0.29) is 24.6 Å². The molecule has 7 heteroatoms. The number of rotatable bonds is 6. The summed E-state index contributed by atoms with van der Waals surface area (Å²) >= 11 is 5.88. The van der Waals surface area contributed by atoms with E-state index < -0.39 is 5.60 Å². The summed E-state index contributed by atoms with van der Waals surface area (Å²) in [6.45, 7) is 3.51. The highest BCUT2D eigenvalue weighted by Crippen LogP contribution is 2.21. The summed E-state index contributed by atoms with van der Waals surface area (Å²) in [5, 5.41) is 8.91. The maximum atomic E-state index is 12.7. The molecule has 1 amide bonds. The summed E-state index contributed by atoms with van der Waals surface area (Å²) in [5.74, 6) is 2.62. The predicted molar refractivity (Wildman–Crippen MR) is 113 cm³/mol. The maximum Gasteiger partial charge on any atom is 0.275 e. The van der Waals surface area contributed by atoms with E-state index in [0.29, 0.717) is 27.2 Å². The van der Waals surface area contributed by atoms with Gasteiger partial charge in [0.05, 0.1) is 17.6 Å². The molecule has 1 heterocycles. The van der Waals surface area contributed by atoms with Crippen LogP contribution in [-0.4, -0.2) is 21.3 Å². The minimum atomic E-state index is -1.13. The van der Waals surface area contributed by atoms with Crippen LogP contribution in [0.2, 0.25) is 5.02 Å². The molecule has 0 spiro atoms. The zero-order valence-electron chi connectivity index (χ0n) is 16.1. The van der Waals surface area contributed by atoms with E-state index in [9.17, 15) is 9.59 Å². The van der Waals surface area contributed by atoms with Gasteiger partial charge in [-0.05, 0) is 44.2 Å². The highest BCUT2D eigenvalue weighted by molar-refractivity contribution is 6.30. The number of nitrogens with one attached hydrogen (secondary N) is 1. The molecule has 0 bridgehead atoms. The highest BCUT2D eigenvalue weighted by atomic mass is 35.5. The van der Waals surface area contributed by atoms with Gasteiger partial charge in [-0.3, -0.25) is 9.59 Å². The summed E-state index contributed by atoms with van der Waals surface area (Å²) < 4.78 is 7.02. The fraction of sp³-hybridized carbons (Fsp3) is 0.227. The van der Waals surface area contributed by atoms with Gasteiger partial charge >= 0.3 is 0 Å². The maximum absolute atomic E-state index is 12.7. The smallest absolute Gasteiger partial charge is 0.275 e. The third-order valence-corrected chi connectivity index (χ3v) is 4.59. The predicted octanol–water partition coefficient (Wildman–Crippen LogP) is 3.16. The lowest BCUT2D eigenvalue weighted by molar-refractivity contribution is -0.134. The number of terminal acetylenes is 1. The number of carbonyl (C=O) groups is 1. The molecule has 1 aromatic heterocycles. The van der Waals surface area contributed by atoms with Crippen molar-refractivity contribution in [3.8, 4) is 18.1 Å². The molecule has 0 saturated heterocycles. The first-order chi connectivity index (χ1) is 13.8. The number of carbonyl (C=O) groups excluding carboxylic acids is 1. The van der Waals surface area contributed by atoms with Crippen LogP contribution in [0, 0.1) is 12.3 Å². The third-order valence-electron chi connectivity index (χ3n) is 4.34. The van der Waals surface area contributed by atoms with E-state index in [1.54, 1.807) is 56.3 Å². The molecule has 0 aliphatic rings. The van der Waals surface area contributed by atoms with Gasteiger partial charge < -0.3 is 10.1 Å².